The summed E-state index contributed by atoms with van der Waals surface area (Å²) in [5, 5.41) is 9.45. The quantitative estimate of drug-likeness (QED) is 0.886. The lowest BCUT2D eigenvalue weighted by molar-refractivity contribution is -0.274. The summed E-state index contributed by atoms with van der Waals surface area (Å²) in [4.78, 5) is 2.78. The average molecular weight is 259 g/mol. The van der Waals surface area contributed by atoms with Crippen molar-refractivity contribution in [3.8, 4) is 5.75 Å². The second kappa shape index (κ2) is 4.89. The van der Waals surface area contributed by atoms with Crippen LogP contribution in [0.2, 0.25) is 0 Å². The van der Waals surface area contributed by atoms with Crippen LogP contribution in [0.25, 0.3) is 10.9 Å². The van der Waals surface area contributed by atoms with Crippen LogP contribution in [0.15, 0.2) is 24.4 Å². The van der Waals surface area contributed by atoms with Crippen LogP contribution in [0.3, 0.4) is 0 Å². The van der Waals surface area contributed by atoms with Crippen molar-refractivity contribution in [1.29, 1.82) is 0 Å². The molecule has 0 saturated heterocycles. The van der Waals surface area contributed by atoms with E-state index < -0.39 is 6.36 Å². The molecule has 0 atom stereocenters. The lowest BCUT2D eigenvalue weighted by Gasteiger charge is -2.09. The Labute approximate surface area is 101 Å². The number of alkyl halides is 3. The number of ether oxygens (including phenoxy) is 1. The van der Waals surface area contributed by atoms with E-state index in [1.54, 1.807) is 12.3 Å². The molecule has 0 unspecified atom stereocenters. The number of hydrogen-bond acceptors (Lipinski definition) is 2. The number of halogens is 3. The Balaban J connectivity index is 2.36. The lowest BCUT2D eigenvalue weighted by Crippen LogP contribution is -2.17. The first-order chi connectivity index (χ1) is 8.51. The van der Waals surface area contributed by atoms with Crippen LogP contribution in [0.4, 0.5) is 13.2 Å². The first-order valence-corrected chi connectivity index (χ1v) is 5.47. The van der Waals surface area contributed by atoms with Crippen LogP contribution in [-0.4, -0.2) is 23.1 Å². The number of H-pyrrole nitrogens is 1. The van der Waals surface area contributed by atoms with Gasteiger partial charge in [-0.05, 0) is 24.5 Å². The summed E-state index contributed by atoms with van der Waals surface area (Å²) in [6.45, 7) is 0.0470. The molecule has 0 saturated carbocycles. The van der Waals surface area contributed by atoms with Crippen molar-refractivity contribution in [3.63, 3.8) is 0 Å². The molecule has 0 radical (unpaired) electrons. The molecule has 18 heavy (non-hydrogen) atoms. The predicted octanol–water partition coefficient (Wildman–Crippen LogP) is 2.99. The molecule has 2 rings (SSSR count). The Morgan fingerprint density at radius 1 is 1.28 bits per heavy atom. The van der Waals surface area contributed by atoms with Crippen molar-refractivity contribution in [2.45, 2.75) is 19.2 Å². The molecule has 3 nitrogen and oxygen atoms in total. The standard InChI is InChI=1S/C12H12F3NO2/c13-12(14,15)18-10-5-1-4-9-8(3-2-6-17)7-16-11(9)10/h1,4-5,7,16-17H,2-3,6H2. The Morgan fingerprint density at radius 3 is 2.72 bits per heavy atom. The van der Waals surface area contributed by atoms with Gasteiger partial charge in [0.15, 0.2) is 5.75 Å². The van der Waals surface area contributed by atoms with Gasteiger partial charge in [-0.1, -0.05) is 12.1 Å². The number of para-hydroxylation sites is 1. The van der Waals surface area contributed by atoms with Gasteiger partial charge in [0.2, 0.25) is 0 Å². The number of aliphatic hydroxyl groups excluding tert-OH is 1. The van der Waals surface area contributed by atoms with E-state index >= 15 is 0 Å². The van der Waals surface area contributed by atoms with Crippen LogP contribution in [-0.2, 0) is 6.42 Å². The number of aryl methyl sites for hydroxylation is 1. The summed E-state index contributed by atoms with van der Waals surface area (Å²) in [6.07, 6.45) is -1.89. The molecule has 0 amide bonds. The highest BCUT2D eigenvalue weighted by Gasteiger charge is 2.32. The van der Waals surface area contributed by atoms with E-state index in [9.17, 15) is 13.2 Å². The van der Waals surface area contributed by atoms with Crippen molar-refractivity contribution in [1.82, 2.24) is 4.98 Å². The highest BCUT2D eigenvalue weighted by atomic mass is 19.4. The molecule has 2 N–H and O–H groups in total. The van der Waals surface area contributed by atoms with E-state index in [1.807, 2.05) is 0 Å². The van der Waals surface area contributed by atoms with Crippen molar-refractivity contribution in [2.24, 2.45) is 0 Å². The van der Waals surface area contributed by atoms with Crippen LogP contribution in [0.1, 0.15) is 12.0 Å². The molecule has 0 aliphatic heterocycles. The van der Waals surface area contributed by atoms with Gasteiger partial charge in [0.25, 0.3) is 0 Å². The Hall–Kier alpha value is -1.69. The Bertz CT molecular complexity index is 534. The van der Waals surface area contributed by atoms with Crippen LogP contribution >= 0.6 is 0 Å². The van der Waals surface area contributed by atoms with Crippen LogP contribution in [0, 0.1) is 0 Å². The van der Waals surface area contributed by atoms with Crippen molar-refractivity contribution < 1.29 is 23.0 Å². The van der Waals surface area contributed by atoms with E-state index in [0.717, 1.165) is 5.56 Å². The first kappa shape index (κ1) is 12.8. The second-order valence-corrected chi connectivity index (χ2v) is 3.87. The molecule has 98 valence electrons. The molecule has 0 aliphatic carbocycles. The summed E-state index contributed by atoms with van der Waals surface area (Å²) in [6, 6.07) is 4.50. The van der Waals surface area contributed by atoms with Gasteiger partial charge in [0, 0.05) is 18.2 Å². The lowest BCUT2D eigenvalue weighted by atomic mass is 10.1. The van der Waals surface area contributed by atoms with Crippen molar-refractivity contribution >= 4 is 10.9 Å². The van der Waals surface area contributed by atoms with Crippen LogP contribution < -0.4 is 4.74 Å². The maximum Gasteiger partial charge on any atom is 0.573 e. The summed E-state index contributed by atoms with van der Waals surface area (Å²) in [7, 11) is 0. The summed E-state index contributed by atoms with van der Waals surface area (Å²) >= 11 is 0. The van der Waals surface area contributed by atoms with Crippen molar-refractivity contribution in [2.75, 3.05) is 6.61 Å². The van der Waals surface area contributed by atoms with E-state index in [4.69, 9.17) is 5.11 Å². The molecule has 1 aromatic carbocycles. The molecule has 0 fully saturated rings. The number of nitrogens with one attached hydrogen (secondary N) is 1. The van der Waals surface area contributed by atoms with Gasteiger partial charge in [0.05, 0.1) is 5.52 Å². The molecule has 1 aromatic heterocycles. The normalized spacial score (nSPS) is 12.0. The smallest absolute Gasteiger partial charge is 0.404 e. The number of benzene rings is 1. The van der Waals surface area contributed by atoms with E-state index in [2.05, 4.69) is 9.72 Å². The minimum absolute atomic E-state index is 0.0470. The molecule has 0 bridgehead atoms. The number of rotatable bonds is 4. The molecule has 2 aromatic rings. The molecule has 1 heterocycles. The summed E-state index contributed by atoms with van der Waals surface area (Å²) in [5.41, 5.74) is 1.19. The zero-order chi connectivity index (χ0) is 13.2. The largest absolute Gasteiger partial charge is 0.573 e. The monoisotopic (exact) mass is 259 g/mol. The number of aromatic nitrogens is 1. The average Bonchev–Trinajstić information content (AvgIpc) is 2.69. The highest BCUT2D eigenvalue weighted by Crippen LogP contribution is 2.31. The van der Waals surface area contributed by atoms with Gasteiger partial charge < -0.3 is 14.8 Å². The van der Waals surface area contributed by atoms with Crippen LogP contribution in [0.5, 0.6) is 5.75 Å². The number of hydrogen-bond donors (Lipinski definition) is 2. The molecular formula is C12H12F3NO2. The second-order valence-electron chi connectivity index (χ2n) is 3.87. The third-order valence-corrected chi connectivity index (χ3v) is 2.59. The maximum absolute atomic E-state index is 12.2. The van der Waals surface area contributed by atoms with E-state index in [-0.39, 0.29) is 12.4 Å². The predicted molar refractivity (Wildman–Crippen MR) is 60.4 cm³/mol. The third-order valence-electron chi connectivity index (χ3n) is 2.59. The first-order valence-electron chi connectivity index (χ1n) is 5.47. The number of aromatic amines is 1. The number of fused-ring (bicyclic) bond motifs is 1. The van der Waals surface area contributed by atoms with Gasteiger partial charge in [-0.3, -0.25) is 0 Å². The zero-order valence-corrected chi connectivity index (χ0v) is 9.42. The fourth-order valence-corrected chi connectivity index (χ4v) is 1.87. The molecule has 0 aliphatic rings. The van der Waals surface area contributed by atoms with Crippen molar-refractivity contribution in [3.05, 3.63) is 30.0 Å². The number of aliphatic hydroxyl groups is 1. The maximum atomic E-state index is 12.2. The summed E-state index contributed by atoms with van der Waals surface area (Å²) < 4.78 is 40.6. The molecule has 6 heteroatoms. The van der Waals surface area contributed by atoms with E-state index in [1.165, 1.54) is 12.1 Å². The Morgan fingerprint density at radius 2 is 2.06 bits per heavy atom. The molecular weight excluding hydrogens is 247 g/mol. The fraction of sp³-hybridized carbons (Fsp3) is 0.333. The third kappa shape index (κ3) is 2.76. The fourth-order valence-electron chi connectivity index (χ4n) is 1.87. The SMILES string of the molecule is OCCCc1c[nH]c2c(OC(F)(F)F)cccc12. The zero-order valence-electron chi connectivity index (χ0n) is 9.42. The highest BCUT2D eigenvalue weighted by molar-refractivity contribution is 5.88. The molecule has 0 spiro atoms. The van der Waals surface area contributed by atoms with E-state index in [0.29, 0.717) is 23.7 Å². The van der Waals surface area contributed by atoms with Gasteiger partial charge in [-0.25, -0.2) is 0 Å². The summed E-state index contributed by atoms with van der Waals surface area (Å²) in [5.74, 6) is -0.241. The minimum atomic E-state index is -4.70. The Kier molecular flexibility index (Phi) is 3.47. The van der Waals surface area contributed by atoms with Gasteiger partial charge in [-0.2, -0.15) is 0 Å². The minimum Gasteiger partial charge on any atom is -0.404 e. The van der Waals surface area contributed by atoms with Gasteiger partial charge >= 0.3 is 6.36 Å². The van der Waals surface area contributed by atoms with Gasteiger partial charge in [-0.15, -0.1) is 13.2 Å². The topological polar surface area (TPSA) is 45.2 Å². The van der Waals surface area contributed by atoms with Gasteiger partial charge in [0.1, 0.15) is 0 Å².